The van der Waals surface area contributed by atoms with Crippen LogP contribution in [-0.4, -0.2) is 11.5 Å². The summed E-state index contributed by atoms with van der Waals surface area (Å²) in [5.41, 5.74) is 0. The number of hydrogen-bond acceptors (Lipinski definition) is 1. The molecule has 0 amide bonds. The highest BCUT2D eigenvalue weighted by molar-refractivity contribution is 8.28. The smallest absolute Gasteiger partial charge is 0.00211 e. The largest absolute Gasteiger partial charge is 0.122 e. The molecule has 0 aromatic carbocycles. The predicted molar refractivity (Wildman–Crippen MR) is 45.0 cm³/mol. The molecular formula is C6H14S2. The van der Waals surface area contributed by atoms with Gasteiger partial charge in [0, 0.05) is 0 Å². The van der Waals surface area contributed by atoms with Gasteiger partial charge < -0.3 is 0 Å². The highest BCUT2D eigenvalue weighted by atomic mass is 32.8. The molecule has 0 nitrogen and oxygen atoms in total. The minimum Gasteiger partial charge on any atom is -0.122 e. The van der Waals surface area contributed by atoms with E-state index in [0.717, 1.165) is 0 Å². The molecule has 50 valence electrons. The first-order valence-corrected chi connectivity index (χ1v) is 5.65. The average Bonchev–Trinajstić information content (AvgIpc) is 1.83. The molecule has 0 heterocycles. The van der Waals surface area contributed by atoms with Gasteiger partial charge in [0.15, 0.2) is 0 Å². The van der Waals surface area contributed by atoms with Crippen molar-refractivity contribution >= 4 is 20.6 Å². The zero-order chi connectivity index (χ0) is 6.41. The van der Waals surface area contributed by atoms with Crippen molar-refractivity contribution in [2.45, 2.75) is 26.7 Å². The molecule has 0 N–H and O–H groups in total. The molecular weight excluding hydrogens is 136 g/mol. The summed E-state index contributed by atoms with van der Waals surface area (Å²) in [5, 5.41) is 0. The molecule has 1 unspecified atom stereocenters. The Morgan fingerprint density at radius 3 is 2.38 bits per heavy atom. The van der Waals surface area contributed by atoms with E-state index in [1.165, 1.54) is 24.3 Å². The molecule has 2 heteroatoms. The van der Waals surface area contributed by atoms with Crippen molar-refractivity contribution in [2.24, 2.45) is 0 Å². The summed E-state index contributed by atoms with van der Waals surface area (Å²) in [5.74, 6) is 2.46. The van der Waals surface area contributed by atoms with Crippen LogP contribution in [0.1, 0.15) is 26.7 Å². The minimum atomic E-state index is 0.306. The topological polar surface area (TPSA) is 0 Å². The van der Waals surface area contributed by atoms with Crippen molar-refractivity contribution in [3.8, 4) is 0 Å². The Kier molecular flexibility index (Phi) is 6.11. The minimum absolute atomic E-state index is 0.306. The maximum atomic E-state index is 5.13. The van der Waals surface area contributed by atoms with E-state index in [9.17, 15) is 0 Å². The second-order valence-electron chi connectivity index (χ2n) is 1.79. The quantitative estimate of drug-likeness (QED) is 0.590. The van der Waals surface area contributed by atoms with Crippen LogP contribution in [0.3, 0.4) is 0 Å². The molecule has 0 spiro atoms. The van der Waals surface area contributed by atoms with Crippen LogP contribution in [0.15, 0.2) is 0 Å². The molecule has 0 radical (unpaired) electrons. The predicted octanol–water partition coefficient (Wildman–Crippen LogP) is 1.89. The summed E-state index contributed by atoms with van der Waals surface area (Å²) >= 11 is 5.13. The standard InChI is InChI=1S/C6H14S2/c1-3-5-6-8(7)4-2/h3-6H2,1-2H3. The second kappa shape index (κ2) is 5.70. The molecule has 1 atom stereocenters. The van der Waals surface area contributed by atoms with E-state index in [-0.39, 0.29) is 0 Å². The van der Waals surface area contributed by atoms with Gasteiger partial charge in [0.2, 0.25) is 0 Å². The molecule has 0 bridgehead atoms. The van der Waals surface area contributed by atoms with E-state index in [0.29, 0.717) is 9.45 Å². The van der Waals surface area contributed by atoms with Crippen LogP contribution >= 0.6 is 0 Å². The first-order chi connectivity index (χ1) is 3.81. The van der Waals surface area contributed by atoms with Crippen molar-refractivity contribution in [1.82, 2.24) is 0 Å². The summed E-state index contributed by atoms with van der Waals surface area (Å²) in [6.45, 7) is 4.38. The average molecular weight is 150 g/mol. The van der Waals surface area contributed by atoms with Gasteiger partial charge in [-0.1, -0.05) is 31.5 Å². The second-order valence-corrected chi connectivity index (χ2v) is 5.07. The van der Waals surface area contributed by atoms with Gasteiger partial charge in [-0.05, 0) is 17.9 Å². The monoisotopic (exact) mass is 150 g/mol. The lowest BCUT2D eigenvalue weighted by Crippen LogP contribution is -1.96. The first-order valence-electron chi connectivity index (χ1n) is 3.16. The summed E-state index contributed by atoms with van der Waals surface area (Å²) in [6.07, 6.45) is 2.61. The van der Waals surface area contributed by atoms with E-state index >= 15 is 0 Å². The first kappa shape index (κ1) is 8.57. The van der Waals surface area contributed by atoms with Crippen molar-refractivity contribution in [3.05, 3.63) is 0 Å². The van der Waals surface area contributed by atoms with Crippen LogP contribution < -0.4 is 0 Å². The Morgan fingerprint density at radius 1 is 1.38 bits per heavy atom. The Bertz CT molecular complexity index is 68.9. The van der Waals surface area contributed by atoms with Crippen LogP contribution in [0, 0.1) is 0 Å². The van der Waals surface area contributed by atoms with Gasteiger partial charge in [-0.25, -0.2) is 0 Å². The van der Waals surface area contributed by atoms with Crippen LogP contribution in [-0.2, 0) is 20.6 Å². The van der Waals surface area contributed by atoms with Gasteiger partial charge in [-0.3, -0.25) is 0 Å². The SMILES string of the molecule is CCCCS(=S)CC. The van der Waals surface area contributed by atoms with Gasteiger partial charge in [0.05, 0.1) is 0 Å². The molecule has 0 aliphatic rings. The van der Waals surface area contributed by atoms with Crippen molar-refractivity contribution in [3.63, 3.8) is 0 Å². The molecule has 0 fully saturated rings. The summed E-state index contributed by atoms with van der Waals surface area (Å²) in [7, 11) is 0.306. The zero-order valence-corrected chi connectivity index (χ0v) is 7.28. The lowest BCUT2D eigenvalue weighted by molar-refractivity contribution is 0.895. The number of unbranched alkanes of at least 4 members (excludes halogenated alkanes) is 1. The van der Waals surface area contributed by atoms with Gasteiger partial charge in [-0.15, -0.1) is 9.45 Å². The third-order valence-electron chi connectivity index (χ3n) is 1.05. The molecule has 0 aliphatic heterocycles. The van der Waals surface area contributed by atoms with E-state index in [4.69, 9.17) is 11.2 Å². The summed E-state index contributed by atoms with van der Waals surface area (Å²) in [6, 6.07) is 0. The van der Waals surface area contributed by atoms with Crippen molar-refractivity contribution in [2.75, 3.05) is 11.5 Å². The number of hydrogen-bond donors (Lipinski definition) is 0. The van der Waals surface area contributed by atoms with Crippen LogP contribution in [0.2, 0.25) is 0 Å². The third kappa shape index (κ3) is 4.72. The molecule has 0 aliphatic carbocycles. The van der Waals surface area contributed by atoms with Gasteiger partial charge in [0.1, 0.15) is 0 Å². The Balaban J connectivity index is 2.99. The maximum absolute atomic E-state index is 5.13. The molecule has 0 rings (SSSR count). The Morgan fingerprint density at radius 2 is 2.00 bits per heavy atom. The molecule has 0 aromatic rings. The summed E-state index contributed by atoms with van der Waals surface area (Å²) < 4.78 is 0. The fraction of sp³-hybridized carbons (Fsp3) is 1.00. The van der Waals surface area contributed by atoms with Crippen LogP contribution in [0.4, 0.5) is 0 Å². The van der Waals surface area contributed by atoms with Crippen molar-refractivity contribution in [1.29, 1.82) is 0 Å². The van der Waals surface area contributed by atoms with E-state index in [1.807, 2.05) is 0 Å². The van der Waals surface area contributed by atoms with E-state index in [1.54, 1.807) is 0 Å². The molecule has 0 aromatic heterocycles. The van der Waals surface area contributed by atoms with E-state index in [2.05, 4.69) is 13.8 Å². The van der Waals surface area contributed by atoms with Crippen molar-refractivity contribution < 1.29 is 0 Å². The molecule has 8 heavy (non-hydrogen) atoms. The summed E-state index contributed by atoms with van der Waals surface area (Å²) in [4.78, 5) is 0. The van der Waals surface area contributed by atoms with E-state index < -0.39 is 0 Å². The highest BCUT2D eigenvalue weighted by Crippen LogP contribution is 1.90. The zero-order valence-electron chi connectivity index (χ0n) is 5.64. The normalized spacial score (nSPS) is 13.8. The van der Waals surface area contributed by atoms with Gasteiger partial charge >= 0.3 is 0 Å². The highest BCUT2D eigenvalue weighted by Gasteiger charge is 1.87. The maximum Gasteiger partial charge on any atom is -0.00211 e. The van der Waals surface area contributed by atoms with Gasteiger partial charge in [0.25, 0.3) is 0 Å². The Hall–Kier alpha value is 0.570. The fourth-order valence-electron chi connectivity index (χ4n) is 0.450. The molecule has 0 saturated carbocycles. The lowest BCUT2D eigenvalue weighted by Gasteiger charge is -1.96. The van der Waals surface area contributed by atoms with Crippen LogP contribution in [0.5, 0.6) is 0 Å². The molecule has 0 saturated heterocycles. The lowest BCUT2D eigenvalue weighted by atomic mass is 10.4. The third-order valence-corrected chi connectivity index (χ3v) is 3.64. The number of rotatable bonds is 4. The van der Waals surface area contributed by atoms with Gasteiger partial charge in [-0.2, -0.15) is 0 Å². The fourth-order valence-corrected chi connectivity index (χ4v) is 1.70. The van der Waals surface area contributed by atoms with Crippen LogP contribution in [0.25, 0.3) is 0 Å². The Labute approximate surface area is 59.3 Å².